The van der Waals surface area contributed by atoms with Gasteiger partial charge in [0.15, 0.2) is 0 Å². The molecule has 0 aromatic carbocycles. The molecule has 2 unspecified atom stereocenters. The molecule has 1 aliphatic heterocycles. The van der Waals surface area contributed by atoms with Gasteiger partial charge in [-0.2, -0.15) is 0 Å². The monoisotopic (exact) mass is 213 g/mol. The maximum Gasteiger partial charge on any atom is 0.0729 e. The minimum absolute atomic E-state index is 0.260. The molecule has 1 saturated heterocycles. The second-order valence-electron chi connectivity index (χ2n) is 4.79. The molecule has 0 aromatic heterocycles. The molecule has 2 fully saturated rings. The first-order chi connectivity index (χ1) is 7.36. The van der Waals surface area contributed by atoms with Crippen LogP contribution >= 0.6 is 0 Å². The van der Waals surface area contributed by atoms with Crippen LogP contribution in [0.2, 0.25) is 0 Å². The average Bonchev–Trinajstić information content (AvgIpc) is 2.46. The largest absolute Gasteiger partial charge is 0.381 e. The Bertz CT molecular complexity index is 180. The molecule has 1 heterocycles. The number of hydrogen-bond acceptors (Lipinski definition) is 3. The molecule has 2 atom stereocenters. The molecule has 1 saturated carbocycles. The Balaban J connectivity index is 1.79. The van der Waals surface area contributed by atoms with Gasteiger partial charge in [-0.25, -0.2) is 0 Å². The Morgan fingerprint density at radius 1 is 0.933 bits per heavy atom. The van der Waals surface area contributed by atoms with Crippen LogP contribution in [0.4, 0.5) is 0 Å². The summed E-state index contributed by atoms with van der Waals surface area (Å²) < 4.78 is 11.4. The molecule has 0 spiro atoms. The summed E-state index contributed by atoms with van der Waals surface area (Å²) in [6.45, 7) is 1.71. The summed E-state index contributed by atoms with van der Waals surface area (Å²) in [7, 11) is 0. The van der Waals surface area contributed by atoms with E-state index in [2.05, 4.69) is 0 Å². The third-order valence-corrected chi connectivity index (χ3v) is 3.54. The van der Waals surface area contributed by atoms with E-state index in [1.165, 1.54) is 19.3 Å². The minimum Gasteiger partial charge on any atom is -0.381 e. The van der Waals surface area contributed by atoms with Crippen molar-refractivity contribution in [2.75, 3.05) is 13.2 Å². The van der Waals surface area contributed by atoms with Gasteiger partial charge in [0, 0.05) is 19.3 Å². The molecule has 3 nitrogen and oxygen atoms in total. The van der Waals surface area contributed by atoms with Crippen LogP contribution in [0.15, 0.2) is 0 Å². The fourth-order valence-corrected chi connectivity index (χ4v) is 2.53. The van der Waals surface area contributed by atoms with Crippen molar-refractivity contribution in [2.45, 2.75) is 63.2 Å². The van der Waals surface area contributed by atoms with Crippen LogP contribution < -0.4 is 5.73 Å². The lowest BCUT2D eigenvalue weighted by atomic mass is 10.1. The summed E-state index contributed by atoms with van der Waals surface area (Å²) in [4.78, 5) is 0. The average molecular weight is 213 g/mol. The molecule has 0 aromatic rings. The van der Waals surface area contributed by atoms with Crippen molar-refractivity contribution >= 4 is 0 Å². The molecular weight excluding hydrogens is 190 g/mol. The van der Waals surface area contributed by atoms with Crippen molar-refractivity contribution in [1.29, 1.82) is 0 Å². The topological polar surface area (TPSA) is 44.5 Å². The van der Waals surface area contributed by atoms with E-state index < -0.39 is 0 Å². The SMILES string of the molecule is NC1CCCCCC1OC1CCOCC1. The number of ether oxygens (including phenoxy) is 2. The van der Waals surface area contributed by atoms with Crippen LogP contribution in [0.25, 0.3) is 0 Å². The van der Waals surface area contributed by atoms with Crippen LogP contribution in [0.1, 0.15) is 44.9 Å². The van der Waals surface area contributed by atoms with Gasteiger partial charge < -0.3 is 15.2 Å². The smallest absolute Gasteiger partial charge is 0.0729 e. The predicted molar refractivity (Wildman–Crippen MR) is 59.8 cm³/mol. The van der Waals surface area contributed by atoms with E-state index in [9.17, 15) is 0 Å². The number of rotatable bonds is 2. The van der Waals surface area contributed by atoms with Gasteiger partial charge in [-0.05, 0) is 25.7 Å². The van der Waals surface area contributed by atoms with Crippen LogP contribution in [0, 0.1) is 0 Å². The third kappa shape index (κ3) is 3.44. The molecule has 3 heteroatoms. The van der Waals surface area contributed by atoms with Crippen LogP contribution in [0.3, 0.4) is 0 Å². The van der Waals surface area contributed by atoms with Gasteiger partial charge in [-0.1, -0.05) is 19.3 Å². The summed E-state index contributed by atoms with van der Waals surface area (Å²) in [6.07, 6.45) is 8.94. The lowest BCUT2D eigenvalue weighted by Crippen LogP contribution is -2.39. The van der Waals surface area contributed by atoms with Gasteiger partial charge >= 0.3 is 0 Å². The highest BCUT2D eigenvalue weighted by Crippen LogP contribution is 2.23. The fourth-order valence-electron chi connectivity index (χ4n) is 2.53. The Kier molecular flexibility index (Phi) is 4.42. The summed E-state index contributed by atoms with van der Waals surface area (Å²) in [5.74, 6) is 0. The molecule has 1 aliphatic carbocycles. The Morgan fingerprint density at radius 3 is 2.47 bits per heavy atom. The Labute approximate surface area is 92.3 Å². The van der Waals surface area contributed by atoms with E-state index in [0.717, 1.165) is 38.9 Å². The van der Waals surface area contributed by atoms with E-state index in [1.54, 1.807) is 0 Å². The van der Waals surface area contributed by atoms with Crippen LogP contribution in [-0.4, -0.2) is 31.5 Å². The molecule has 2 N–H and O–H groups in total. The van der Waals surface area contributed by atoms with Gasteiger partial charge in [0.05, 0.1) is 12.2 Å². The number of hydrogen-bond donors (Lipinski definition) is 1. The predicted octanol–water partition coefficient (Wildman–Crippen LogP) is 1.84. The van der Waals surface area contributed by atoms with Gasteiger partial charge in [-0.3, -0.25) is 0 Å². The highest BCUT2D eigenvalue weighted by molar-refractivity contribution is 4.79. The summed E-state index contributed by atoms with van der Waals surface area (Å²) >= 11 is 0. The van der Waals surface area contributed by atoms with Crippen molar-refractivity contribution in [3.05, 3.63) is 0 Å². The van der Waals surface area contributed by atoms with Gasteiger partial charge in [-0.15, -0.1) is 0 Å². The van der Waals surface area contributed by atoms with E-state index >= 15 is 0 Å². The molecule has 2 aliphatic rings. The first-order valence-corrected chi connectivity index (χ1v) is 6.35. The lowest BCUT2D eigenvalue weighted by Gasteiger charge is -2.30. The van der Waals surface area contributed by atoms with Gasteiger partial charge in [0.2, 0.25) is 0 Å². The molecule has 15 heavy (non-hydrogen) atoms. The van der Waals surface area contributed by atoms with Gasteiger partial charge in [0.25, 0.3) is 0 Å². The van der Waals surface area contributed by atoms with Gasteiger partial charge in [0.1, 0.15) is 0 Å². The zero-order valence-corrected chi connectivity index (χ0v) is 9.49. The summed E-state index contributed by atoms with van der Waals surface area (Å²) in [5, 5.41) is 0. The van der Waals surface area contributed by atoms with E-state index in [0.29, 0.717) is 12.2 Å². The minimum atomic E-state index is 0.260. The van der Waals surface area contributed by atoms with Crippen molar-refractivity contribution in [2.24, 2.45) is 5.73 Å². The fraction of sp³-hybridized carbons (Fsp3) is 1.00. The lowest BCUT2D eigenvalue weighted by molar-refractivity contribution is -0.0773. The standard InChI is InChI=1S/C12H23NO2/c13-11-4-2-1-3-5-12(11)15-10-6-8-14-9-7-10/h10-12H,1-9,13H2. The first kappa shape index (κ1) is 11.4. The number of nitrogens with two attached hydrogens (primary N) is 1. The highest BCUT2D eigenvalue weighted by atomic mass is 16.5. The second-order valence-corrected chi connectivity index (χ2v) is 4.79. The zero-order valence-electron chi connectivity index (χ0n) is 9.49. The molecule has 0 bridgehead atoms. The van der Waals surface area contributed by atoms with E-state index in [-0.39, 0.29) is 6.04 Å². The Morgan fingerprint density at radius 2 is 1.67 bits per heavy atom. The van der Waals surface area contributed by atoms with Crippen LogP contribution in [0.5, 0.6) is 0 Å². The van der Waals surface area contributed by atoms with Crippen molar-refractivity contribution in [1.82, 2.24) is 0 Å². The van der Waals surface area contributed by atoms with Crippen molar-refractivity contribution in [3.63, 3.8) is 0 Å². The molecule has 2 rings (SSSR count). The maximum atomic E-state index is 6.14. The highest BCUT2D eigenvalue weighted by Gasteiger charge is 2.25. The first-order valence-electron chi connectivity index (χ1n) is 6.35. The van der Waals surface area contributed by atoms with Crippen LogP contribution in [-0.2, 0) is 9.47 Å². The molecule has 0 amide bonds. The third-order valence-electron chi connectivity index (χ3n) is 3.54. The molecule has 88 valence electrons. The Hall–Kier alpha value is -0.120. The van der Waals surface area contributed by atoms with E-state index in [4.69, 9.17) is 15.2 Å². The molecular formula is C12H23NO2. The summed E-state index contributed by atoms with van der Waals surface area (Å²) in [6, 6.07) is 0.260. The maximum absolute atomic E-state index is 6.14. The normalized spacial score (nSPS) is 35.0. The second kappa shape index (κ2) is 5.83. The van der Waals surface area contributed by atoms with Crippen molar-refractivity contribution < 1.29 is 9.47 Å². The quantitative estimate of drug-likeness (QED) is 0.712. The zero-order chi connectivity index (χ0) is 10.5. The van der Waals surface area contributed by atoms with E-state index in [1.807, 2.05) is 0 Å². The van der Waals surface area contributed by atoms with Crippen molar-refractivity contribution in [3.8, 4) is 0 Å². The summed E-state index contributed by atoms with van der Waals surface area (Å²) in [5.41, 5.74) is 6.14. The molecule has 0 radical (unpaired) electrons.